The Bertz CT molecular complexity index is 718. The van der Waals surface area contributed by atoms with Crippen LogP contribution in [0.4, 0.5) is 0 Å². The molecule has 0 saturated carbocycles. The van der Waals surface area contributed by atoms with Crippen LogP contribution in [0.25, 0.3) is 10.1 Å². The molecule has 102 valence electrons. The second-order valence-electron chi connectivity index (χ2n) is 4.71. The van der Waals surface area contributed by atoms with E-state index >= 15 is 0 Å². The molecule has 0 aliphatic heterocycles. The van der Waals surface area contributed by atoms with Crippen molar-refractivity contribution in [3.8, 4) is 0 Å². The fraction of sp³-hybridized carbons (Fsp3) is 0.200. The number of hydrogen-bond acceptors (Lipinski definition) is 4. The van der Waals surface area contributed by atoms with Crippen LogP contribution in [-0.2, 0) is 6.42 Å². The van der Waals surface area contributed by atoms with Gasteiger partial charge in [-0.2, -0.15) is 0 Å². The Balaban J connectivity index is 1.70. The maximum Gasteiger partial charge on any atom is 0.290 e. The number of rotatable bonds is 4. The summed E-state index contributed by atoms with van der Waals surface area (Å²) in [5.41, 5.74) is 1.26. The summed E-state index contributed by atoms with van der Waals surface area (Å²) in [6.07, 6.45) is 2.26. The van der Waals surface area contributed by atoms with Gasteiger partial charge in [0.1, 0.15) is 0 Å². The van der Waals surface area contributed by atoms with Gasteiger partial charge in [0.2, 0.25) is 5.76 Å². The molecule has 3 rings (SSSR count). The molecule has 0 spiro atoms. The number of carbonyl (C=O) groups excluding carboxylic acids is 1. The van der Waals surface area contributed by atoms with Crippen LogP contribution in [-0.4, -0.2) is 17.1 Å². The average molecular weight is 286 g/mol. The smallest absolute Gasteiger partial charge is 0.290 e. The molecule has 0 aliphatic carbocycles. The summed E-state index contributed by atoms with van der Waals surface area (Å²) in [6, 6.07) is 9.90. The highest BCUT2D eigenvalue weighted by atomic mass is 32.1. The minimum Gasteiger partial charge on any atom is -0.351 e. The van der Waals surface area contributed by atoms with Crippen molar-refractivity contribution < 1.29 is 9.32 Å². The molecule has 20 heavy (non-hydrogen) atoms. The van der Waals surface area contributed by atoms with E-state index in [2.05, 4.69) is 28.0 Å². The summed E-state index contributed by atoms with van der Waals surface area (Å²) < 4.78 is 6.12. The third-order valence-electron chi connectivity index (χ3n) is 3.13. The van der Waals surface area contributed by atoms with Crippen LogP contribution < -0.4 is 5.32 Å². The Labute approximate surface area is 120 Å². The third kappa shape index (κ3) is 2.58. The van der Waals surface area contributed by atoms with Gasteiger partial charge in [-0.15, -0.1) is 11.3 Å². The lowest BCUT2D eigenvalue weighted by Crippen LogP contribution is -2.33. The number of amides is 1. The maximum absolute atomic E-state index is 11.9. The second-order valence-corrected chi connectivity index (χ2v) is 5.62. The number of aromatic nitrogens is 1. The first-order valence-electron chi connectivity index (χ1n) is 6.40. The molecule has 1 amide bonds. The number of fused-ring (bicyclic) bond motifs is 1. The molecule has 1 atom stereocenters. The summed E-state index contributed by atoms with van der Waals surface area (Å²) in [5.74, 6) is 0.0153. The Hall–Kier alpha value is -2.14. The van der Waals surface area contributed by atoms with E-state index < -0.39 is 0 Å². The lowest BCUT2D eigenvalue weighted by molar-refractivity contribution is 0.0903. The summed E-state index contributed by atoms with van der Waals surface area (Å²) in [5, 5.41) is 9.87. The molecule has 2 heterocycles. The lowest BCUT2D eigenvalue weighted by atomic mass is 10.1. The number of thiophene rings is 1. The predicted molar refractivity (Wildman–Crippen MR) is 79.0 cm³/mol. The van der Waals surface area contributed by atoms with E-state index in [1.807, 2.05) is 19.1 Å². The van der Waals surface area contributed by atoms with Gasteiger partial charge >= 0.3 is 0 Å². The van der Waals surface area contributed by atoms with E-state index in [4.69, 9.17) is 4.52 Å². The molecule has 0 aliphatic rings. The minimum atomic E-state index is -0.227. The van der Waals surface area contributed by atoms with Crippen LogP contribution >= 0.6 is 11.3 Å². The van der Waals surface area contributed by atoms with Gasteiger partial charge in [0, 0.05) is 16.8 Å². The second kappa shape index (κ2) is 5.46. The molecule has 0 unspecified atom stereocenters. The highest BCUT2D eigenvalue weighted by molar-refractivity contribution is 7.17. The van der Waals surface area contributed by atoms with Gasteiger partial charge in [0.25, 0.3) is 5.91 Å². The lowest BCUT2D eigenvalue weighted by Gasteiger charge is -2.12. The van der Waals surface area contributed by atoms with Gasteiger partial charge in [-0.05, 0) is 35.7 Å². The first-order valence-corrected chi connectivity index (χ1v) is 7.28. The van der Waals surface area contributed by atoms with Gasteiger partial charge in [-0.1, -0.05) is 23.4 Å². The van der Waals surface area contributed by atoms with Gasteiger partial charge in [-0.25, -0.2) is 0 Å². The van der Waals surface area contributed by atoms with Crippen molar-refractivity contribution in [2.45, 2.75) is 19.4 Å². The third-order valence-corrected chi connectivity index (χ3v) is 4.14. The minimum absolute atomic E-state index is 0.0330. The number of nitrogens with zero attached hydrogens (tertiary/aromatic N) is 1. The van der Waals surface area contributed by atoms with E-state index in [0.29, 0.717) is 0 Å². The van der Waals surface area contributed by atoms with Crippen LogP contribution in [0.1, 0.15) is 23.0 Å². The van der Waals surface area contributed by atoms with E-state index in [-0.39, 0.29) is 17.7 Å². The molecular weight excluding hydrogens is 272 g/mol. The highest BCUT2D eigenvalue weighted by Gasteiger charge is 2.14. The average Bonchev–Trinajstić information content (AvgIpc) is 3.09. The summed E-state index contributed by atoms with van der Waals surface area (Å²) >= 11 is 1.73. The number of nitrogens with one attached hydrogen (secondary N) is 1. The van der Waals surface area contributed by atoms with E-state index in [0.717, 1.165) is 6.42 Å². The summed E-state index contributed by atoms with van der Waals surface area (Å²) in [6.45, 7) is 1.99. The molecule has 5 heteroatoms. The Kier molecular flexibility index (Phi) is 3.52. The van der Waals surface area contributed by atoms with Crippen LogP contribution in [0, 0.1) is 0 Å². The molecule has 0 radical (unpaired) electrons. The topological polar surface area (TPSA) is 55.1 Å². The van der Waals surface area contributed by atoms with Gasteiger partial charge in [0.15, 0.2) is 0 Å². The molecule has 4 nitrogen and oxygen atoms in total. The summed E-state index contributed by atoms with van der Waals surface area (Å²) in [4.78, 5) is 11.9. The number of hydrogen-bond donors (Lipinski definition) is 1. The first kappa shape index (κ1) is 12.9. The Morgan fingerprint density at radius 3 is 3.05 bits per heavy atom. The normalized spacial score (nSPS) is 12.4. The van der Waals surface area contributed by atoms with Crippen molar-refractivity contribution in [3.63, 3.8) is 0 Å². The molecule has 1 N–H and O–H groups in total. The van der Waals surface area contributed by atoms with Crippen molar-refractivity contribution >= 4 is 27.3 Å². The fourth-order valence-electron chi connectivity index (χ4n) is 2.20. The van der Waals surface area contributed by atoms with Crippen LogP contribution in [0.3, 0.4) is 0 Å². The summed E-state index contributed by atoms with van der Waals surface area (Å²) in [7, 11) is 0. The van der Waals surface area contributed by atoms with Gasteiger partial charge in [0.05, 0.1) is 6.20 Å². The van der Waals surface area contributed by atoms with Crippen LogP contribution in [0.2, 0.25) is 0 Å². The van der Waals surface area contributed by atoms with Crippen molar-refractivity contribution in [1.29, 1.82) is 0 Å². The zero-order valence-corrected chi connectivity index (χ0v) is 11.8. The zero-order chi connectivity index (χ0) is 13.9. The molecule has 0 bridgehead atoms. The van der Waals surface area contributed by atoms with E-state index in [1.54, 1.807) is 17.4 Å². The highest BCUT2D eigenvalue weighted by Crippen LogP contribution is 2.26. The molecule has 0 fully saturated rings. The molecule has 2 aromatic heterocycles. The molecular formula is C15H14N2O2S. The standard InChI is InChI=1S/C15H14N2O2S/c1-10(17-15(18)13-6-7-16-19-13)8-11-9-20-14-5-3-2-4-12(11)14/h2-7,9-10H,8H2,1H3,(H,17,18)/t10-/m1/s1. The molecule has 1 aromatic carbocycles. The Morgan fingerprint density at radius 2 is 2.25 bits per heavy atom. The van der Waals surface area contributed by atoms with Gasteiger partial charge in [-0.3, -0.25) is 4.79 Å². The number of benzene rings is 1. The molecule has 0 saturated heterocycles. The monoisotopic (exact) mass is 286 g/mol. The van der Waals surface area contributed by atoms with Crippen LogP contribution in [0.5, 0.6) is 0 Å². The first-order chi connectivity index (χ1) is 9.74. The zero-order valence-electron chi connectivity index (χ0n) is 11.0. The largest absolute Gasteiger partial charge is 0.351 e. The Morgan fingerprint density at radius 1 is 1.40 bits per heavy atom. The van der Waals surface area contributed by atoms with E-state index in [1.165, 1.54) is 21.8 Å². The van der Waals surface area contributed by atoms with Crippen LogP contribution in [0.15, 0.2) is 46.4 Å². The van der Waals surface area contributed by atoms with Crippen molar-refractivity contribution in [2.75, 3.05) is 0 Å². The maximum atomic E-state index is 11.9. The molecule has 3 aromatic rings. The number of carbonyl (C=O) groups is 1. The quantitative estimate of drug-likeness (QED) is 0.801. The SMILES string of the molecule is C[C@H](Cc1csc2ccccc12)NC(=O)c1ccno1. The van der Waals surface area contributed by atoms with Crippen molar-refractivity contribution in [1.82, 2.24) is 10.5 Å². The predicted octanol–water partition coefficient (Wildman–Crippen LogP) is 3.25. The van der Waals surface area contributed by atoms with E-state index in [9.17, 15) is 4.79 Å². The van der Waals surface area contributed by atoms with Gasteiger partial charge < -0.3 is 9.84 Å². The van der Waals surface area contributed by atoms with Crippen molar-refractivity contribution in [2.24, 2.45) is 0 Å². The fourth-order valence-corrected chi connectivity index (χ4v) is 3.18. The van der Waals surface area contributed by atoms with Crippen molar-refractivity contribution in [3.05, 3.63) is 53.2 Å².